The Bertz CT molecular complexity index is 782. The summed E-state index contributed by atoms with van der Waals surface area (Å²) in [5.41, 5.74) is -2.10. The Balaban J connectivity index is 2.87. The van der Waals surface area contributed by atoms with Crippen LogP contribution in [-0.2, 0) is 15.7 Å². The average Bonchev–Trinajstić information content (AvgIpc) is 2.85. The molecule has 5 nitrogen and oxygen atoms in total. The van der Waals surface area contributed by atoms with Gasteiger partial charge >= 0.3 is 18.1 Å². The molecular formula is C14H11F3INO4. The predicted molar refractivity (Wildman–Crippen MR) is 83.3 cm³/mol. The highest BCUT2D eigenvalue weighted by atomic mass is 127. The topological polar surface area (TPSA) is 68.4 Å². The molecule has 23 heavy (non-hydrogen) atoms. The fourth-order valence-corrected chi connectivity index (χ4v) is 2.78. The molecule has 0 aliphatic carbocycles. The SMILES string of the molecule is CCOC(=O)c1c(C(F)(F)F)[nH]c2c(C(=O)OC)cc(I)cc12. The van der Waals surface area contributed by atoms with Crippen LogP contribution >= 0.6 is 22.6 Å². The van der Waals surface area contributed by atoms with Crippen molar-refractivity contribution in [2.24, 2.45) is 0 Å². The first-order chi connectivity index (χ1) is 10.7. The normalized spacial score (nSPS) is 11.6. The zero-order valence-electron chi connectivity index (χ0n) is 12.0. The third-order valence-electron chi connectivity index (χ3n) is 3.04. The first-order valence-electron chi connectivity index (χ1n) is 6.38. The van der Waals surface area contributed by atoms with E-state index in [0.29, 0.717) is 3.57 Å². The van der Waals surface area contributed by atoms with Gasteiger partial charge < -0.3 is 14.5 Å². The molecule has 1 aromatic heterocycles. The van der Waals surface area contributed by atoms with Gasteiger partial charge in [-0.05, 0) is 41.6 Å². The zero-order valence-corrected chi connectivity index (χ0v) is 14.2. The van der Waals surface area contributed by atoms with E-state index in [1.807, 2.05) is 22.6 Å². The van der Waals surface area contributed by atoms with E-state index in [9.17, 15) is 22.8 Å². The van der Waals surface area contributed by atoms with E-state index in [2.05, 4.69) is 9.72 Å². The highest BCUT2D eigenvalue weighted by molar-refractivity contribution is 14.1. The maximum Gasteiger partial charge on any atom is 0.432 e. The monoisotopic (exact) mass is 441 g/mol. The molecule has 0 bridgehead atoms. The lowest BCUT2D eigenvalue weighted by Gasteiger charge is -2.07. The smallest absolute Gasteiger partial charge is 0.432 e. The maximum atomic E-state index is 13.2. The van der Waals surface area contributed by atoms with Gasteiger partial charge in [0.25, 0.3) is 0 Å². The minimum atomic E-state index is -4.81. The van der Waals surface area contributed by atoms with Crippen molar-refractivity contribution in [1.82, 2.24) is 4.98 Å². The van der Waals surface area contributed by atoms with Gasteiger partial charge in [-0.1, -0.05) is 0 Å². The van der Waals surface area contributed by atoms with E-state index in [4.69, 9.17) is 4.74 Å². The van der Waals surface area contributed by atoms with E-state index < -0.39 is 29.4 Å². The van der Waals surface area contributed by atoms with E-state index in [0.717, 1.165) is 7.11 Å². The second kappa shape index (κ2) is 6.38. The highest BCUT2D eigenvalue weighted by Gasteiger charge is 2.40. The van der Waals surface area contributed by atoms with Crippen LogP contribution < -0.4 is 0 Å². The molecule has 124 valence electrons. The number of rotatable bonds is 3. The van der Waals surface area contributed by atoms with Gasteiger partial charge in [0.15, 0.2) is 0 Å². The van der Waals surface area contributed by atoms with Crippen molar-refractivity contribution >= 4 is 45.4 Å². The number of hydrogen-bond acceptors (Lipinski definition) is 4. The van der Waals surface area contributed by atoms with Crippen molar-refractivity contribution in [2.75, 3.05) is 13.7 Å². The number of nitrogens with one attached hydrogen (secondary N) is 1. The number of fused-ring (bicyclic) bond motifs is 1. The minimum Gasteiger partial charge on any atom is -0.465 e. The Kier molecular flexibility index (Phi) is 4.87. The molecule has 1 aromatic carbocycles. The van der Waals surface area contributed by atoms with Crippen LogP contribution in [0.4, 0.5) is 13.2 Å². The van der Waals surface area contributed by atoms with E-state index in [-0.39, 0.29) is 23.1 Å². The first kappa shape index (κ1) is 17.6. The van der Waals surface area contributed by atoms with Gasteiger partial charge in [0.2, 0.25) is 0 Å². The lowest BCUT2D eigenvalue weighted by atomic mass is 10.1. The Morgan fingerprint density at radius 1 is 1.26 bits per heavy atom. The number of alkyl halides is 3. The van der Waals surface area contributed by atoms with Gasteiger partial charge in [-0.15, -0.1) is 0 Å². The number of aromatic nitrogens is 1. The summed E-state index contributed by atoms with van der Waals surface area (Å²) in [5, 5.41) is -0.0388. The molecular weight excluding hydrogens is 430 g/mol. The molecule has 0 aliphatic rings. The minimum absolute atomic E-state index is 0.0388. The molecule has 0 radical (unpaired) electrons. The largest absolute Gasteiger partial charge is 0.465 e. The van der Waals surface area contributed by atoms with Gasteiger partial charge in [-0.25, -0.2) is 9.59 Å². The van der Waals surface area contributed by atoms with Crippen molar-refractivity contribution in [3.63, 3.8) is 0 Å². The molecule has 0 saturated heterocycles. The highest BCUT2D eigenvalue weighted by Crippen LogP contribution is 2.37. The quantitative estimate of drug-likeness (QED) is 0.582. The third kappa shape index (κ3) is 3.28. The molecule has 1 heterocycles. The summed E-state index contributed by atoms with van der Waals surface area (Å²) >= 11 is 1.84. The van der Waals surface area contributed by atoms with Crippen LogP contribution in [0.2, 0.25) is 0 Å². The first-order valence-corrected chi connectivity index (χ1v) is 7.46. The second-order valence-electron chi connectivity index (χ2n) is 4.46. The van der Waals surface area contributed by atoms with Gasteiger partial charge in [0.1, 0.15) is 5.69 Å². The molecule has 1 N–H and O–H groups in total. The molecule has 0 fully saturated rings. The van der Waals surface area contributed by atoms with Crippen LogP contribution in [0.3, 0.4) is 0 Å². The van der Waals surface area contributed by atoms with Crippen molar-refractivity contribution in [3.05, 3.63) is 32.5 Å². The van der Waals surface area contributed by atoms with Crippen LogP contribution in [0.25, 0.3) is 10.9 Å². The number of aromatic amines is 1. The Labute approximate surface area is 142 Å². The predicted octanol–water partition coefficient (Wildman–Crippen LogP) is 3.75. The molecule has 2 aromatic rings. The molecule has 0 saturated carbocycles. The number of esters is 2. The number of carbonyl (C=O) groups excluding carboxylic acids is 2. The number of H-pyrrole nitrogens is 1. The Morgan fingerprint density at radius 3 is 2.43 bits per heavy atom. The zero-order chi connectivity index (χ0) is 17.4. The van der Waals surface area contributed by atoms with E-state index in [1.165, 1.54) is 19.1 Å². The number of benzene rings is 1. The maximum absolute atomic E-state index is 13.2. The van der Waals surface area contributed by atoms with Crippen molar-refractivity contribution in [1.29, 1.82) is 0 Å². The standard InChI is InChI=1S/C14H11F3INO4/c1-3-23-13(21)9-7-4-6(18)5-8(12(20)22-2)10(7)19-11(9)14(15,16)17/h4-5,19H,3H2,1-2H3. The summed E-state index contributed by atoms with van der Waals surface area (Å²) in [6.07, 6.45) is -4.81. The lowest BCUT2D eigenvalue weighted by molar-refractivity contribution is -0.141. The summed E-state index contributed by atoms with van der Waals surface area (Å²) in [6, 6.07) is 2.75. The van der Waals surface area contributed by atoms with Crippen molar-refractivity contribution in [3.8, 4) is 0 Å². The summed E-state index contributed by atoms with van der Waals surface area (Å²) in [5.74, 6) is -1.91. The molecule has 0 amide bonds. The summed E-state index contributed by atoms with van der Waals surface area (Å²) in [4.78, 5) is 25.9. The van der Waals surface area contributed by atoms with Crippen LogP contribution in [0, 0.1) is 3.57 Å². The number of carbonyl (C=O) groups is 2. The van der Waals surface area contributed by atoms with E-state index >= 15 is 0 Å². The third-order valence-corrected chi connectivity index (χ3v) is 3.66. The van der Waals surface area contributed by atoms with Gasteiger partial charge in [-0.2, -0.15) is 13.2 Å². The summed E-state index contributed by atoms with van der Waals surface area (Å²) in [6.45, 7) is 1.42. The molecule has 0 atom stereocenters. The van der Waals surface area contributed by atoms with Gasteiger partial charge in [0.05, 0.1) is 30.4 Å². The number of hydrogen-bond donors (Lipinski definition) is 1. The van der Waals surface area contributed by atoms with E-state index in [1.54, 1.807) is 0 Å². The molecule has 0 aliphatic heterocycles. The number of halogens is 4. The van der Waals surface area contributed by atoms with Crippen LogP contribution in [0.5, 0.6) is 0 Å². The number of ether oxygens (including phenoxy) is 2. The summed E-state index contributed by atoms with van der Waals surface area (Å²) < 4.78 is 49.5. The van der Waals surface area contributed by atoms with Crippen LogP contribution in [0.15, 0.2) is 12.1 Å². The van der Waals surface area contributed by atoms with Crippen LogP contribution in [-0.4, -0.2) is 30.6 Å². The molecule has 0 unspecified atom stereocenters. The Hall–Kier alpha value is -1.78. The van der Waals surface area contributed by atoms with Crippen molar-refractivity contribution < 1.29 is 32.2 Å². The Morgan fingerprint density at radius 2 is 1.91 bits per heavy atom. The van der Waals surface area contributed by atoms with Gasteiger partial charge in [-0.3, -0.25) is 0 Å². The van der Waals surface area contributed by atoms with Crippen LogP contribution in [0.1, 0.15) is 33.3 Å². The molecule has 0 spiro atoms. The number of methoxy groups -OCH3 is 1. The average molecular weight is 441 g/mol. The van der Waals surface area contributed by atoms with Crippen molar-refractivity contribution in [2.45, 2.75) is 13.1 Å². The fraction of sp³-hybridized carbons (Fsp3) is 0.286. The molecule has 2 rings (SSSR count). The summed E-state index contributed by atoms with van der Waals surface area (Å²) in [7, 11) is 1.12. The molecule has 9 heteroatoms. The second-order valence-corrected chi connectivity index (χ2v) is 5.71. The lowest BCUT2D eigenvalue weighted by Crippen LogP contribution is -2.14. The fourth-order valence-electron chi connectivity index (χ4n) is 2.16. The van der Waals surface area contributed by atoms with Gasteiger partial charge in [0, 0.05) is 8.96 Å².